The first-order valence-corrected chi connectivity index (χ1v) is 10.0. The van der Waals surface area contributed by atoms with Crippen molar-refractivity contribution in [3.63, 3.8) is 0 Å². The maximum atomic E-state index is 13.0. The SMILES string of the molecule is O=C(NC12CC3CC(CC(C3)C1)C2)c1cccc(-c2ccccc2Cl)n1. The molecule has 134 valence electrons. The third-order valence-corrected chi connectivity index (χ3v) is 6.88. The summed E-state index contributed by atoms with van der Waals surface area (Å²) < 4.78 is 0. The van der Waals surface area contributed by atoms with Crippen LogP contribution in [0.3, 0.4) is 0 Å². The van der Waals surface area contributed by atoms with Crippen LogP contribution in [0.2, 0.25) is 5.02 Å². The maximum absolute atomic E-state index is 13.0. The van der Waals surface area contributed by atoms with E-state index in [-0.39, 0.29) is 11.4 Å². The molecule has 0 saturated heterocycles. The van der Waals surface area contributed by atoms with E-state index in [4.69, 9.17) is 11.6 Å². The number of nitrogens with one attached hydrogen (secondary N) is 1. The van der Waals surface area contributed by atoms with E-state index in [0.717, 1.165) is 48.3 Å². The van der Waals surface area contributed by atoms with Gasteiger partial charge in [0.05, 0.1) is 5.69 Å². The molecule has 26 heavy (non-hydrogen) atoms. The number of halogens is 1. The number of hydrogen-bond donors (Lipinski definition) is 1. The van der Waals surface area contributed by atoms with E-state index in [1.54, 1.807) is 6.07 Å². The Morgan fingerprint density at radius 1 is 0.962 bits per heavy atom. The zero-order chi connectivity index (χ0) is 17.7. The Hall–Kier alpha value is -1.87. The highest BCUT2D eigenvalue weighted by atomic mass is 35.5. The molecule has 0 atom stereocenters. The average molecular weight is 367 g/mol. The molecule has 4 aliphatic rings. The van der Waals surface area contributed by atoms with E-state index in [1.807, 2.05) is 36.4 Å². The molecule has 1 amide bonds. The van der Waals surface area contributed by atoms with Gasteiger partial charge in [0.1, 0.15) is 5.69 Å². The van der Waals surface area contributed by atoms with E-state index in [9.17, 15) is 4.79 Å². The summed E-state index contributed by atoms with van der Waals surface area (Å²) in [5, 5.41) is 4.05. The van der Waals surface area contributed by atoms with Gasteiger partial charge in [0.25, 0.3) is 5.91 Å². The number of amides is 1. The number of rotatable bonds is 3. The van der Waals surface area contributed by atoms with Gasteiger partial charge in [-0.2, -0.15) is 0 Å². The Bertz CT molecular complexity index is 827. The second kappa shape index (κ2) is 6.09. The zero-order valence-corrected chi connectivity index (χ0v) is 15.5. The second-order valence-electron chi connectivity index (χ2n) is 8.54. The van der Waals surface area contributed by atoms with E-state index in [1.165, 1.54) is 19.3 Å². The molecule has 4 aliphatic carbocycles. The predicted octanol–water partition coefficient (Wildman–Crippen LogP) is 5.10. The first-order chi connectivity index (χ1) is 12.6. The lowest BCUT2D eigenvalue weighted by atomic mass is 9.53. The van der Waals surface area contributed by atoms with E-state index < -0.39 is 0 Å². The molecule has 4 heteroatoms. The molecule has 1 N–H and O–H groups in total. The zero-order valence-electron chi connectivity index (χ0n) is 14.7. The van der Waals surface area contributed by atoms with E-state index in [2.05, 4.69) is 10.3 Å². The topological polar surface area (TPSA) is 42.0 Å². The predicted molar refractivity (Wildman–Crippen MR) is 103 cm³/mol. The number of aromatic nitrogens is 1. The number of nitrogens with zero attached hydrogens (tertiary/aromatic N) is 1. The van der Waals surface area contributed by atoms with Crippen LogP contribution in [0.25, 0.3) is 11.3 Å². The fraction of sp³-hybridized carbons (Fsp3) is 0.455. The summed E-state index contributed by atoms with van der Waals surface area (Å²) in [5.41, 5.74) is 2.10. The van der Waals surface area contributed by atoms with Gasteiger partial charge in [-0.25, -0.2) is 4.98 Å². The molecule has 1 aromatic heterocycles. The molecule has 4 saturated carbocycles. The van der Waals surface area contributed by atoms with Crippen molar-refractivity contribution in [2.75, 3.05) is 0 Å². The third-order valence-electron chi connectivity index (χ3n) is 6.55. The van der Waals surface area contributed by atoms with Crippen LogP contribution in [0.15, 0.2) is 42.5 Å². The minimum Gasteiger partial charge on any atom is -0.345 e. The highest BCUT2D eigenvalue weighted by Gasteiger charge is 2.51. The van der Waals surface area contributed by atoms with Crippen molar-refractivity contribution in [3.8, 4) is 11.3 Å². The summed E-state index contributed by atoms with van der Waals surface area (Å²) in [6.07, 6.45) is 7.55. The van der Waals surface area contributed by atoms with Crippen LogP contribution in [0.1, 0.15) is 49.0 Å². The van der Waals surface area contributed by atoms with E-state index in [0.29, 0.717) is 10.7 Å². The third kappa shape index (κ3) is 2.83. The van der Waals surface area contributed by atoms with Crippen LogP contribution in [0, 0.1) is 17.8 Å². The molecule has 0 unspecified atom stereocenters. The van der Waals surface area contributed by atoms with Crippen molar-refractivity contribution in [1.29, 1.82) is 0 Å². The standard InChI is InChI=1S/C22H23ClN2O/c23-18-5-2-1-4-17(18)19-6-3-7-20(24-19)21(26)25-22-11-14-8-15(12-22)10-16(9-14)13-22/h1-7,14-16H,8-13H2,(H,25,26). The summed E-state index contributed by atoms with van der Waals surface area (Å²) in [6, 6.07) is 13.2. The van der Waals surface area contributed by atoms with Crippen LogP contribution in [0.5, 0.6) is 0 Å². The summed E-state index contributed by atoms with van der Waals surface area (Å²) >= 11 is 6.29. The largest absolute Gasteiger partial charge is 0.345 e. The lowest BCUT2D eigenvalue weighted by Gasteiger charge is -2.56. The Kier molecular flexibility index (Phi) is 3.82. The summed E-state index contributed by atoms with van der Waals surface area (Å²) in [5.74, 6) is 2.39. The van der Waals surface area contributed by atoms with Gasteiger partial charge in [-0.05, 0) is 74.5 Å². The first kappa shape index (κ1) is 16.3. The molecular weight excluding hydrogens is 344 g/mol. The highest BCUT2D eigenvalue weighted by molar-refractivity contribution is 6.33. The monoisotopic (exact) mass is 366 g/mol. The van der Waals surface area contributed by atoms with Gasteiger partial charge < -0.3 is 5.32 Å². The highest BCUT2D eigenvalue weighted by Crippen LogP contribution is 2.55. The molecule has 3 nitrogen and oxygen atoms in total. The van der Waals surface area contributed by atoms with Crippen molar-refractivity contribution in [1.82, 2.24) is 10.3 Å². The van der Waals surface area contributed by atoms with E-state index >= 15 is 0 Å². The lowest BCUT2D eigenvalue weighted by molar-refractivity contribution is -0.0167. The molecule has 1 heterocycles. The van der Waals surface area contributed by atoms with Crippen LogP contribution in [-0.4, -0.2) is 16.4 Å². The smallest absolute Gasteiger partial charge is 0.270 e. The Labute approximate surface area is 159 Å². The van der Waals surface area contributed by atoms with Crippen molar-refractivity contribution >= 4 is 17.5 Å². The van der Waals surface area contributed by atoms with Gasteiger partial charge >= 0.3 is 0 Å². The fourth-order valence-electron chi connectivity index (χ4n) is 5.95. The second-order valence-corrected chi connectivity index (χ2v) is 8.95. The van der Waals surface area contributed by atoms with Crippen molar-refractivity contribution < 1.29 is 4.79 Å². The number of carbonyl (C=O) groups excluding carboxylic acids is 1. The summed E-state index contributed by atoms with van der Waals surface area (Å²) in [4.78, 5) is 17.6. The molecule has 0 aliphatic heterocycles. The lowest BCUT2D eigenvalue weighted by Crippen LogP contribution is -2.59. The number of hydrogen-bond acceptors (Lipinski definition) is 2. The molecule has 0 spiro atoms. The average Bonchev–Trinajstić information content (AvgIpc) is 2.60. The van der Waals surface area contributed by atoms with Gasteiger partial charge in [0.15, 0.2) is 0 Å². The quantitative estimate of drug-likeness (QED) is 0.821. The van der Waals surface area contributed by atoms with Gasteiger partial charge in [0.2, 0.25) is 0 Å². The molecule has 1 aromatic carbocycles. The summed E-state index contributed by atoms with van der Waals surface area (Å²) in [6.45, 7) is 0. The minimum atomic E-state index is -0.0409. The van der Waals surface area contributed by atoms with Crippen LogP contribution < -0.4 is 5.32 Å². The number of carbonyl (C=O) groups is 1. The Morgan fingerprint density at radius 2 is 1.62 bits per heavy atom. The van der Waals surface area contributed by atoms with Crippen LogP contribution >= 0.6 is 11.6 Å². The van der Waals surface area contributed by atoms with Crippen molar-refractivity contribution in [2.45, 2.75) is 44.1 Å². The normalized spacial score (nSPS) is 31.8. The van der Waals surface area contributed by atoms with Crippen molar-refractivity contribution in [2.24, 2.45) is 17.8 Å². The minimum absolute atomic E-state index is 0.00785. The van der Waals surface area contributed by atoms with Gasteiger partial charge in [-0.1, -0.05) is 35.9 Å². The van der Waals surface area contributed by atoms with Crippen LogP contribution in [-0.2, 0) is 0 Å². The van der Waals surface area contributed by atoms with Crippen molar-refractivity contribution in [3.05, 3.63) is 53.2 Å². The molecule has 0 radical (unpaired) electrons. The Balaban J connectivity index is 1.40. The first-order valence-electron chi connectivity index (χ1n) is 9.65. The van der Waals surface area contributed by atoms with Gasteiger partial charge in [0, 0.05) is 16.1 Å². The number of pyridine rings is 1. The van der Waals surface area contributed by atoms with Gasteiger partial charge in [-0.15, -0.1) is 0 Å². The molecule has 6 rings (SSSR count). The molecule has 4 bridgehead atoms. The fourth-order valence-corrected chi connectivity index (χ4v) is 6.18. The Morgan fingerprint density at radius 3 is 2.27 bits per heavy atom. The van der Waals surface area contributed by atoms with Gasteiger partial charge in [-0.3, -0.25) is 4.79 Å². The molecular formula is C22H23ClN2O. The number of benzene rings is 1. The summed E-state index contributed by atoms with van der Waals surface area (Å²) in [7, 11) is 0. The van der Waals surface area contributed by atoms with Crippen LogP contribution in [0.4, 0.5) is 0 Å². The molecule has 4 fully saturated rings. The molecule has 2 aromatic rings. The maximum Gasteiger partial charge on any atom is 0.270 e.